The topological polar surface area (TPSA) is 95.6 Å². The molecule has 1 aromatic carbocycles. The molecule has 27 heavy (non-hydrogen) atoms. The molecule has 1 heterocycles. The van der Waals surface area contributed by atoms with Crippen molar-refractivity contribution in [3.05, 3.63) is 29.3 Å². The zero-order valence-corrected chi connectivity index (χ0v) is 17.1. The minimum atomic E-state index is -3.63. The molecule has 1 aliphatic rings. The highest BCUT2D eigenvalue weighted by Crippen LogP contribution is 2.24. The van der Waals surface area contributed by atoms with Crippen molar-refractivity contribution in [2.75, 3.05) is 19.6 Å². The van der Waals surface area contributed by atoms with E-state index in [-0.39, 0.29) is 16.4 Å². The van der Waals surface area contributed by atoms with Gasteiger partial charge in [-0.05, 0) is 50.8 Å². The lowest BCUT2D eigenvalue weighted by Gasteiger charge is -2.26. The van der Waals surface area contributed by atoms with Crippen molar-refractivity contribution in [2.24, 2.45) is 0 Å². The molecule has 8 heteroatoms. The fourth-order valence-electron chi connectivity index (χ4n) is 3.01. The zero-order valence-electron chi connectivity index (χ0n) is 16.2. The molecule has 2 N–H and O–H groups in total. The number of aryl methyl sites for hydroxylation is 1. The molecule has 0 bridgehead atoms. The van der Waals surface area contributed by atoms with E-state index in [0.717, 1.165) is 25.7 Å². The van der Waals surface area contributed by atoms with E-state index in [0.29, 0.717) is 25.2 Å². The Kier molecular flexibility index (Phi) is 7.38. The molecule has 1 aromatic rings. The summed E-state index contributed by atoms with van der Waals surface area (Å²) in [7, 11) is -3.63. The van der Waals surface area contributed by atoms with Gasteiger partial charge in [-0.15, -0.1) is 0 Å². The maximum atomic E-state index is 13.0. The fourth-order valence-corrected chi connectivity index (χ4v) is 4.78. The smallest absolute Gasteiger partial charge is 0.251 e. The van der Waals surface area contributed by atoms with Gasteiger partial charge in [-0.2, -0.15) is 4.31 Å². The van der Waals surface area contributed by atoms with Gasteiger partial charge in [0.05, 0.1) is 4.90 Å². The van der Waals surface area contributed by atoms with E-state index < -0.39 is 22.0 Å². The number of hydrogen-bond acceptors (Lipinski definition) is 4. The lowest BCUT2D eigenvalue weighted by molar-refractivity contribution is -0.122. The summed E-state index contributed by atoms with van der Waals surface area (Å²) in [6, 6.07) is 3.92. The predicted molar refractivity (Wildman–Crippen MR) is 104 cm³/mol. The molecular weight excluding hydrogens is 366 g/mol. The van der Waals surface area contributed by atoms with Gasteiger partial charge in [-0.25, -0.2) is 8.42 Å². The van der Waals surface area contributed by atoms with E-state index in [2.05, 4.69) is 10.6 Å². The van der Waals surface area contributed by atoms with Gasteiger partial charge in [0.2, 0.25) is 15.9 Å². The number of nitrogens with one attached hydrogen (secondary N) is 2. The number of amides is 2. The molecule has 2 amide bonds. The molecule has 1 saturated heterocycles. The lowest BCUT2D eigenvalue weighted by Crippen LogP contribution is -2.45. The molecule has 1 fully saturated rings. The van der Waals surface area contributed by atoms with Gasteiger partial charge >= 0.3 is 0 Å². The molecule has 0 unspecified atom stereocenters. The normalized spacial score (nSPS) is 16.6. The number of rotatable bonds is 7. The van der Waals surface area contributed by atoms with Crippen molar-refractivity contribution in [2.45, 2.75) is 57.4 Å². The van der Waals surface area contributed by atoms with Gasteiger partial charge in [-0.1, -0.05) is 19.4 Å². The summed E-state index contributed by atoms with van der Waals surface area (Å²) >= 11 is 0. The lowest BCUT2D eigenvalue weighted by atomic mass is 10.1. The molecule has 0 radical (unpaired) electrons. The van der Waals surface area contributed by atoms with Gasteiger partial charge < -0.3 is 10.6 Å². The maximum absolute atomic E-state index is 13.0. The molecule has 0 aromatic heterocycles. The highest BCUT2D eigenvalue weighted by atomic mass is 32.2. The molecule has 0 aliphatic carbocycles. The van der Waals surface area contributed by atoms with Gasteiger partial charge in [0.15, 0.2) is 0 Å². The van der Waals surface area contributed by atoms with Crippen LogP contribution in [0.1, 0.15) is 55.5 Å². The van der Waals surface area contributed by atoms with Crippen LogP contribution < -0.4 is 10.6 Å². The Balaban J connectivity index is 2.18. The van der Waals surface area contributed by atoms with Gasteiger partial charge in [0.25, 0.3) is 5.91 Å². The van der Waals surface area contributed by atoms with E-state index in [1.54, 1.807) is 26.0 Å². The predicted octanol–water partition coefficient (Wildman–Crippen LogP) is 1.81. The summed E-state index contributed by atoms with van der Waals surface area (Å²) in [4.78, 5) is 24.6. The van der Waals surface area contributed by atoms with Crippen LogP contribution in [0.25, 0.3) is 0 Å². The van der Waals surface area contributed by atoms with Crippen LogP contribution in [0.2, 0.25) is 0 Å². The Morgan fingerprint density at radius 1 is 1.19 bits per heavy atom. The monoisotopic (exact) mass is 395 g/mol. The highest BCUT2D eigenvalue weighted by Gasteiger charge is 2.28. The van der Waals surface area contributed by atoms with Crippen LogP contribution in [0.5, 0.6) is 0 Å². The van der Waals surface area contributed by atoms with E-state index >= 15 is 0 Å². The van der Waals surface area contributed by atoms with Crippen molar-refractivity contribution in [3.63, 3.8) is 0 Å². The summed E-state index contributed by atoms with van der Waals surface area (Å²) in [5.74, 6) is -0.734. The molecule has 1 aliphatic heterocycles. The van der Waals surface area contributed by atoms with Crippen LogP contribution >= 0.6 is 0 Å². The molecule has 1 atom stereocenters. The van der Waals surface area contributed by atoms with Crippen LogP contribution in [0.4, 0.5) is 0 Å². The number of hydrogen-bond donors (Lipinski definition) is 2. The second-order valence-corrected chi connectivity index (χ2v) is 8.84. The second kappa shape index (κ2) is 9.32. The number of nitrogens with zero attached hydrogens (tertiary/aromatic N) is 1. The Morgan fingerprint density at radius 2 is 1.85 bits per heavy atom. The first-order valence-corrected chi connectivity index (χ1v) is 10.9. The first-order chi connectivity index (χ1) is 12.8. The van der Waals surface area contributed by atoms with Crippen molar-refractivity contribution < 1.29 is 18.0 Å². The van der Waals surface area contributed by atoms with Gasteiger partial charge in [0, 0.05) is 25.2 Å². The number of benzene rings is 1. The third-order valence-electron chi connectivity index (χ3n) is 4.67. The molecule has 7 nitrogen and oxygen atoms in total. The molecular formula is C19H29N3O4S. The molecule has 2 rings (SSSR count). The third-order valence-corrected chi connectivity index (χ3v) is 6.71. The zero-order chi connectivity index (χ0) is 20.0. The number of sulfonamides is 1. The molecule has 0 spiro atoms. The van der Waals surface area contributed by atoms with Gasteiger partial charge in [0.1, 0.15) is 6.04 Å². The summed E-state index contributed by atoms with van der Waals surface area (Å²) in [6.45, 7) is 6.82. The average Bonchev–Trinajstić information content (AvgIpc) is 2.66. The Bertz CT molecular complexity index is 786. The van der Waals surface area contributed by atoms with Crippen LogP contribution in [-0.2, 0) is 14.8 Å². The standard InChI is InChI=1S/C19H29N3O4S/c1-4-10-20-18(23)15(3)21-19(24)16-9-8-14(2)17(13-16)27(25,26)22-11-6-5-7-12-22/h8-9,13,15H,4-7,10-12H2,1-3H3,(H,20,23)(H,21,24)/t15-/m0/s1. The average molecular weight is 396 g/mol. The van der Waals surface area contributed by atoms with Crippen molar-refractivity contribution in [1.29, 1.82) is 0 Å². The maximum Gasteiger partial charge on any atom is 0.251 e. The first-order valence-electron chi connectivity index (χ1n) is 9.46. The van der Waals surface area contributed by atoms with E-state index in [4.69, 9.17) is 0 Å². The summed E-state index contributed by atoms with van der Waals surface area (Å²) in [5.41, 5.74) is 0.831. The second-order valence-electron chi connectivity index (χ2n) is 6.93. The minimum absolute atomic E-state index is 0.153. The first kappa shape index (κ1) is 21.4. The van der Waals surface area contributed by atoms with Crippen molar-refractivity contribution in [3.8, 4) is 0 Å². The quantitative estimate of drug-likeness (QED) is 0.736. The van der Waals surface area contributed by atoms with Crippen LogP contribution in [0.15, 0.2) is 23.1 Å². The number of carbonyl (C=O) groups is 2. The van der Waals surface area contributed by atoms with Crippen LogP contribution in [0, 0.1) is 6.92 Å². The van der Waals surface area contributed by atoms with Gasteiger partial charge in [-0.3, -0.25) is 9.59 Å². The summed E-state index contributed by atoms with van der Waals surface area (Å²) < 4.78 is 27.4. The van der Waals surface area contributed by atoms with E-state index in [1.165, 1.54) is 10.4 Å². The highest BCUT2D eigenvalue weighted by molar-refractivity contribution is 7.89. The largest absolute Gasteiger partial charge is 0.354 e. The Hall–Kier alpha value is -1.93. The Morgan fingerprint density at radius 3 is 2.48 bits per heavy atom. The molecule has 0 saturated carbocycles. The minimum Gasteiger partial charge on any atom is -0.354 e. The Labute approximate surface area is 161 Å². The summed E-state index contributed by atoms with van der Waals surface area (Å²) in [5, 5.41) is 5.34. The van der Waals surface area contributed by atoms with Crippen molar-refractivity contribution in [1.82, 2.24) is 14.9 Å². The van der Waals surface area contributed by atoms with E-state index in [9.17, 15) is 18.0 Å². The fraction of sp³-hybridized carbons (Fsp3) is 0.579. The number of piperidine rings is 1. The van der Waals surface area contributed by atoms with Crippen LogP contribution in [-0.4, -0.2) is 50.2 Å². The summed E-state index contributed by atoms with van der Waals surface area (Å²) in [6.07, 6.45) is 3.54. The van der Waals surface area contributed by atoms with Crippen molar-refractivity contribution >= 4 is 21.8 Å². The van der Waals surface area contributed by atoms with Crippen LogP contribution in [0.3, 0.4) is 0 Å². The SMILES string of the molecule is CCCNC(=O)[C@H](C)NC(=O)c1ccc(C)c(S(=O)(=O)N2CCCCC2)c1. The molecule has 150 valence electrons. The third kappa shape index (κ3) is 5.29. The number of carbonyl (C=O) groups excluding carboxylic acids is 2. The van der Waals surface area contributed by atoms with E-state index in [1.807, 2.05) is 6.92 Å².